The van der Waals surface area contributed by atoms with Crippen LogP contribution in [0, 0.1) is 0 Å². The zero-order valence-electron chi connectivity index (χ0n) is 11.1. The van der Waals surface area contributed by atoms with Gasteiger partial charge in [-0.15, -0.1) is 0 Å². The van der Waals surface area contributed by atoms with Crippen molar-refractivity contribution in [2.45, 2.75) is 30.6 Å². The third-order valence-corrected chi connectivity index (χ3v) is 5.04. The molecule has 0 aromatic heterocycles. The molecule has 1 aliphatic heterocycles. The van der Waals surface area contributed by atoms with Crippen molar-refractivity contribution in [1.82, 2.24) is 0 Å². The van der Waals surface area contributed by atoms with Crippen molar-refractivity contribution in [3.05, 3.63) is 23.8 Å². The van der Waals surface area contributed by atoms with Gasteiger partial charge in [0, 0.05) is 5.25 Å². The van der Waals surface area contributed by atoms with Crippen LogP contribution in [0.5, 0.6) is 11.5 Å². The Morgan fingerprint density at radius 1 is 1.28 bits per heavy atom. The summed E-state index contributed by atoms with van der Waals surface area (Å²) in [5.41, 5.74) is 0.155. The van der Waals surface area contributed by atoms with Gasteiger partial charge in [0.2, 0.25) is 0 Å². The highest BCUT2D eigenvalue weighted by Gasteiger charge is 2.38. The predicted octanol–water partition coefficient (Wildman–Crippen LogP) is 2.81. The summed E-state index contributed by atoms with van der Waals surface area (Å²) < 4.78 is 10.5. The largest absolute Gasteiger partial charge is 0.493 e. The molecule has 0 aliphatic carbocycles. The van der Waals surface area contributed by atoms with Crippen LogP contribution in [0.4, 0.5) is 0 Å². The summed E-state index contributed by atoms with van der Waals surface area (Å²) in [4.78, 5) is 0. The van der Waals surface area contributed by atoms with Crippen molar-refractivity contribution in [2.75, 3.05) is 20.0 Å². The van der Waals surface area contributed by atoms with E-state index in [1.807, 2.05) is 30.0 Å². The van der Waals surface area contributed by atoms with E-state index in [1.165, 1.54) is 0 Å². The lowest BCUT2D eigenvalue weighted by molar-refractivity contribution is 0.0252. The molecular weight excluding hydrogens is 248 g/mol. The Balaban J connectivity index is 2.37. The van der Waals surface area contributed by atoms with Crippen molar-refractivity contribution < 1.29 is 14.6 Å². The molecule has 1 heterocycles. The van der Waals surface area contributed by atoms with Crippen LogP contribution < -0.4 is 9.47 Å². The zero-order chi connectivity index (χ0) is 13.2. The van der Waals surface area contributed by atoms with Gasteiger partial charge in [-0.25, -0.2) is 0 Å². The molecule has 0 radical (unpaired) electrons. The summed E-state index contributed by atoms with van der Waals surface area (Å²) in [7, 11) is 3.23. The summed E-state index contributed by atoms with van der Waals surface area (Å²) in [6.07, 6.45) is 1.84. The quantitative estimate of drug-likeness (QED) is 0.915. The maximum Gasteiger partial charge on any atom is 0.161 e. The number of aliphatic hydroxyl groups is 1. The number of hydrogen-bond donors (Lipinski definition) is 1. The number of rotatable bonds is 3. The monoisotopic (exact) mass is 268 g/mol. The second kappa shape index (κ2) is 5.41. The third-order valence-electron chi connectivity index (χ3n) is 3.63. The molecule has 18 heavy (non-hydrogen) atoms. The first-order valence-corrected chi connectivity index (χ1v) is 7.23. The average molecular weight is 268 g/mol. The summed E-state index contributed by atoms with van der Waals surface area (Å²) >= 11 is 1.82. The molecule has 2 unspecified atom stereocenters. The lowest BCUT2D eigenvalue weighted by Gasteiger charge is -2.38. The maximum atomic E-state index is 10.9. The van der Waals surface area contributed by atoms with Crippen molar-refractivity contribution in [2.24, 2.45) is 0 Å². The van der Waals surface area contributed by atoms with Gasteiger partial charge in [0.15, 0.2) is 11.5 Å². The highest BCUT2D eigenvalue weighted by Crippen LogP contribution is 2.43. The number of benzene rings is 1. The van der Waals surface area contributed by atoms with E-state index in [2.05, 4.69) is 6.92 Å². The van der Waals surface area contributed by atoms with Crippen LogP contribution in [0.25, 0.3) is 0 Å². The van der Waals surface area contributed by atoms with Crippen LogP contribution in [-0.4, -0.2) is 30.3 Å². The molecule has 1 N–H and O–H groups in total. The number of methoxy groups -OCH3 is 2. The highest BCUT2D eigenvalue weighted by atomic mass is 32.2. The maximum absolute atomic E-state index is 10.9. The van der Waals surface area contributed by atoms with Crippen LogP contribution in [-0.2, 0) is 5.60 Å². The summed E-state index contributed by atoms with van der Waals surface area (Å²) in [5, 5.41) is 11.1. The van der Waals surface area contributed by atoms with Crippen LogP contribution >= 0.6 is 11.8 Å². The Morgan fingerprint density at radius 3 is 2.61 bits per heavy atom. The first kappa shape index (κ1) is 13.6. The smallest absolute Gasteiger partial charge is 0.161 e. The molecule has 2 atom stereocenters. The molecule has 1 fully saturated rings. The molecule has 1 aromatic rings. The van der Waals surface area contributed by atoms with Crippen molar-refractivity contribution >= 4 is 11.8 Å². The Bertz CT molecular complexity index is 422. The van der Waals surface area contributed by atoms with E-state index in [0.717, 1.165) is 24.2 Å². The van der Waals surface area contributed by atoms with Crippen LogP contribution in [0.2, 0.25) is 0 Å². The predicted molar refractivity (Wildman–Crippen MR) is 74.6 cm³/mol. The molecule has 4 heteroatoms. The molecular formula is C14H20O3S. The Morgan fingerprint density at radius 2 is 2.00 bits per heavy atom. The molecule has 1 saturated heterocycles. The molecule has 100 valence electrons. The van der Waals surface area contributed by atoms with Gasteiger partial charge in [-0.1, -0.05) is 13.0 Å². The van der Waals surface area contributed by atoms with Gasteiger partial charge in [0.05, 0.1) is 14.2 Å². The van der Waals surface area contributed by atoms with E-state index in [4.69, 9.17) is 9.47 Å². The molecule has 0 bridgehead atoms. The molecule has 0 saturated carbocycles. The minimum atomic E-state index is -0.761. The molecule has 1 aliphatic rings. The Hall–Kier alpha value is -0.870. The first-order valence-electron chi connectivity index (χ1n) is 6.18. The van der Waals surface area contributed by atoms with E-state index in [9.17, 15) is 5.11 Å². The molecule has 3 nitrogen and oxygen atoms in total. The van der Waals surface area contributed by atoms with E-state index < -0.39 is 5.60 Å². The van der Waals surface area contributed by atoms with Crippen molar-refractivity contribution in [1.29, 1.82) is 0 Å². The van der Waals surface area contributed by atoms with Gasteiger partial charge < -0.3 is 14.6 Å². The van der Waals surface area contributed by atoms with Gasteiger partial charge in [-0.2, -0.15) is 11.8 Å². The van der Waals surface area contributed by atoms with Crippen LogP contribution in [0.3, 0.4) is 0 Å². The zero-order valence-corrected chi connectivity index (χ0v) is 11.9. The summed E-state index contributed by atoms with van der Waals surface area (Å²) in [5.74, 6) is 2.49. The minimum absolute atomic E-state index is 0.198. The van der Waals surface area contributed by atoms with E-state index in [0.29, 0.717) is 11.5 Å². The Kier molecular flexibility index (Phi) is 4.07. The first-order chi connectivity index (χ1) is 8.61. The van der Waals surface area contributed by atoms with Gasteiger partial charge in [-0.3, -0.25) is 0 Å². The fourth-order valence-electron chi connectivity index (χ4n) is 2.43. The van der Waals surface area contributed by atoms with E-state index >= 15 is 0 Å². The molecule has 2 rings (SSSR count). The lowest BCUT2D eigenvalue weighted by Crippen LogP contribution is -2.38. The van der Waals surface area contributed by atoms with E-state index in [-0.39, 0.29) is 5.25 Å². The second-order valence-electron chi connectivity index (χ2n) is 4.61. The number of thioether (sulfide) groups is 1. The van der Waals surface area contributed by atoms with Gasteiger partial charge in [0.1, 0.15) is 5.60 Å². The van der Waals surface area contributed by atoms with Crippen molar-refractivity contribution in [3.8, 4) is 11.5 Å². The average Bonchev–Trinajstić information content (AvgIpc) is 2.41. The standard InChI is InChI=1S/C14H20O3S/c1-10-14(15,7-4-8-18-10)11-5-6-12(16-2)13(9-11)17-3/h5-6,9-10,15H,4,7-8H2,1-3H3. The number of hydrogen-bond acceptors (Lipinski definition) is 4. The van der Waals surface area contributed by atoms with Gasteiger partial charge in [0.25, 0.3) is 0 Å². The normalized spacial score (nSPS) is 27.9. The van der Waals surface area contributed by atoms with Crippen molar-refractivity contribution in [3.63, 3.8) is 0 Å². The Labute approximate surface area is 112 Å². The second-order valence-corrected chi connectivity index (χ2v) is 6.06. The lowest BCUT2D eigenvalue weighted by atomic mass is 9.86. The molecule has 0 amide bonds. The fourth-order valence-corrected chi connectivity index (χ4v) is 3.62. The van der Waals surface area contributed by atoms with Crippen LogP contribution in [0.15, 0.2) is 18.2 Å². The number of ether oxygens (including phenoxy) is 2. The molecule has 0 spiro atoms. The SMILES string of the molecule is COc1ccc(C2(O)CCCSC2C)cc1OC. The third kappa shape index (κ3) is 2.31. The minimum Gasteiger partial charge on any atom is -0.493 e. The fraction of sp³-hybridized carbons (Fsp3) is 0.571. The highest BCUT2D eigenvalue weighted by molar-refractivity contribution is 8.00. The van der Waals surface area contributed by atoms with E-state index in [1.54, 1.807) is 14.2 Å². The van der Waals surface area contributed by atoms with Gasteiger partial charge >= 0.3 is 0 Å². The molecule has 1 aromatic carbocycles. The van der Waals surface area contributed by atoms with Crippen LogP contribution in [0.1, 0.15) is 25.3 Å². The topological polar surface area (TPSA) is 38.7 Å². The van der Waals surface area contributed by atoms with Gasteiger partial charge in [-0.05, 0) is 36.3 Å². The summed E-state index contributed by atoms with van der Waals surface area (Å²) in [6.45, 7) is 2.08. The summed E-state index contributed by atoms with van der Waals surface area (Å²) in [6, 6.07) is 5.68.